The summed E-state index contributed by atoms with van der Waals surface area (Å²) in [6, 6.07) is 13.1. The van der Waals surface area contributed by atoms with Gasteiger partial charge in [-0.15, -0.1) is 0 Å². The van der Waals surface area contributed by atoms with E-state index in [0.717, 1.165) is 16.9 Å². The topological polar surface area (TPSA) is 56.8 Å². The van der Waals surface area contributed by atoms with Crippen molar-refractivity contribution in [2.24, 2.45) is 0 Å². The fraction of sp³-hybridized carbons (Fsp3) is 0.350. The van der Waals surface area contributed by atoms with Gasteiger partial charge in [-0.05, 0) is 49.2 Å². The SMILES string of the molecule is CCOc1ccc(CC(=O)N[C@H](C)c2ccc(OC)c(OC)c2)cc1. The summed E-state index contributed by atoms with van der Waals surface area (Å²) in [6.45, 7) is 4.51. The van der Waals surface area contributed by atoms with Gasteiger partial charge in [0.1, 0.15) is 5.75 Å². The minimum Gasteiger partial charge on any atom is -0.494 e. The number of hydrogen-bond donors (Lipinski definition) is 1. The molecule has 0 aliphatic heterocycles. The van der Waals surface area contributed by atoms with Gasteiger partial charge in [0.2, 0.25) is 5.91 Å². The van der Waals surface area contributed by atoms with Crippen LogP contribution < -0.4 is 19.5 Å². The number of carbonyl (C=O) groups is 1. The molecule has 5 nitrogen and oxygen atoms in total. The number of methoxy groups -OCH3 is 2. The van der Waals surface area contributed by atoms with Gasteiger partial charge in [-0.1, -0.05) is 18.2 Å². The van der Waals surface area contributed by atoms with Crippen molar-refractivity contribution in [3.63, 3.8) is 0 Å². The lowest BCUT2D eigenvalue weighted by molar-refractivity contribution is -0.121. The first kappa shape index (κ1) is 18.6. The summed E-state index contributed by atoms with van der Waals surface area (Å²) in [5.41, 5.74) is 1.90. The number of carbonyl (C=O) groups excluding carboxylic acids is 1. The molecular weight excluding hydrogens is 318 g/mol. The van der Waals surface area contributed by atoms with Crippen molar-refractivity contribution in [2.75, 3.05) is 20.8 Å². The molecule has 2 aromatic carbocycles. The molecule has 5 heteroatoms. The van der Waals surface area contributed by atoms with Crippen LogP contribution in [-0.4, -0.2) is 26.7 Å². The smallest absolute Gasteiger partial charge is 0.224 e. The standard InChI is InChI=1S/C20H25NO4/c1-5-25-17-9-6-15(7-10-17)12-20(22)21-14(2)16-8-11-18(23-3)19(13-16)24-4/h6-11,13-14H,5,12H2,1-4H3,(H,21,22)/t14-/m1/s1. The summed E-state index contributed by atoms with van der Waals surface area (Å²) in [4.78, 5) is 12.3. The molecule has 2 aromatic rings. The third-order valence-electron chi connectivity index (χ3n) is 3.88. The maximum absolute atomic E-state index is 12.3. The van der Waals surface area contributed by atoms with Gasteiger partial charge in [0.05, 0.1) is 33.3 Å². The minimum atomic E-state index is -0.130. The molecule has 0 unspecified atom stereocenters. The van der Waals surface area contributed by atoms with Crippen molar-refractivity contribution >= 4 is 5.91 Å². The highest BCUT2D eigenvalue weighted by Gasteiger charge is 2.13. The van der Waals surface area contributed by atoms with Crippen molar-refractivity contribution in [2.45, 2.75) is 26.3 Å². The molecule has 0 saturated heterocycles. The van der Waals surface area contributed by atoms with Crippen LogP contribution in [0.25, 0.3) is 0 Å². The molecule has 0 fully saturated rings. The largest absolute Gasteiger partial charge is 0.494 e. The van der Waals surface area contributed by atoms with E-state index >= 15 is 0 Å². The molecule has 0 radical (unpaired) electrons. The quantitative estimate of drug-likeness (QED) is 0.797. The Morgan fingerprint density at radius 1 is 1.04 bits per heavy atom. The molecule has 0 aromatic heterocycles. The Kier molecular flexibility index (Phi) is 6.69. The molecule has 25 heavy (non-hydrogen) atoms. The first-order valence-electron chi connectivity index (χ1n) is 8.30. The van der Waals surface area contributed by atoms with Crippen molar-refractivity contribution in [1.29, 1.82) is 0 Å². The van der Waals surface area contributed by atoms with Crippen LogP contribution in [0.5, 0.6) is 17.2 Å². The lowest BCUT2D eigenvalue weighted by Gasteiger charge is -2.16. The second-order valence-electron chi connectivity index (χ2n) is 5.66. The van der Waals surface area contributed by atoms with Crippen LogP contribution in [0.15, 0.2) is 42.5 Å². The fourth-order valence-corrected chi connectivity index (χ4v) is 2.55. The van der Waals surface area contributed by atoms with E-state index in [1.807, 2.05) is 56.3 Å². The Morgan fingerprint density at radius 3 is 2.32 bits per heavy atom. The van der Waals surface area contributed by atoms with Crippen molar-refractivity contribution in [3.8, 4) is 17.2 Å². The summed E-state index contributed by atoms with van der Waals surface area (Å²) in [7, 11) is 3.19. The first-order chi connectivity index (χ1) is 12.1. The van der Waals surface area contributed by atoms with E-state index in [9.17, 15) is 4.79 Å². The van der Waals surface area contributed by atoms with Gasteiger partial charge in [0.15, 0.2) is 11.5 Å². The van der Waals surface area contributed by atoms with Crippen LogP contribution in [0.4, 0.5) is 0 Å². The zero-order chi connectivity index (χ0) is 18.2. The van der Waals surface area contributed by atoms with Crippen LogP contribution in [0.3, 0.4) is 0 Å². The number of nitrogens with one attached hydrogen (secondary N) is 1. The highest BCUT2D eigenvalue weighted by molar-refractivity contribution is 5.79. The van der Waals surface area contributed by atoms with Crippen molar-refractivity contribution in [3.05, 3.63) is 53.6 Å². The molecule has 0 bridgehead atoms. The summed E-state index contributed by atoms with van der Waals surface area (Å²) >= 11 is 0. The van der Waals surface area contributed by atoms with Gasteiger partial charge in [0.25, 0.3) is 0 Å². The molecule has 2 rings (SSSR count). The summed E-state index contributed by atoms with van der Waals surface area (Å²) in [5, 5.41) is 3.01. The van der Waals surface area contributed by atoms with Crippen molar-refractivity contribution < 1.29 is 19.0 Å². The fourth-order valence-electron chi connectivity index (χ4n) is 2.55. The van der Waals surface area contributed by atoms with Crippen LogP contribution in [0.1, 0.15) is 31.0 Å². The summed E-state index contributed by atoms with van der Waals surface area (Å²) in [5.74, 6) is 2.09. The van der Waals surface area contributed by atoms with Crippen molar-refractivity contribution in [1.82, 2.24) is 5.32 Å². The normalized spacial score (nSPS) is 11.5. The number of benzene rings is 2. The monoisotopic (exact) mass is 343 g/mol. The summed E-state index contributed by atoms with van der Waals surface area (Å²) in [6.07, 6.45) is 0.323. The Hall–Kier alpha value is -2.69. The van der Waals surface area contributed by atoms with Gasteiger partial charge in [-0.3, -0.25) is 4.79 Å². The van der Waals surface area contributed by atoms with E-state index in [1.54, 1.807) is 14.2 Å². The number of rotatable bonds is 8. The Balaban J connectivity index is 1.97. The van der Waals surface area contributed by atoms with Gasteiger partial charge in [-0.25, -0.2) is 0 Å². The van der Waals surface area contributed by atoms with Crippen LogP contribution in [0, 0.1) is 0 Å². The molecular formula is C20H25NO4. The molecule has 0 heterocycles. The average molecular weight is 343 g/mol. The highest BCUT2D eigenvalue weighted by atomic mass is 16.5. The lowest BCUT2D eigenvalue weighted by atomic mass is 10.1. The Labute approximate surface area is 148 Å². The molecule has 134 valence electrons. The third-order valence-corrected chi connectivity index (χ3v) is 3.88. The van der Waals surface area contributed by atoms with Gasteiger partial charge < -0.3 is 19.5 Å². The van der Waals surface area contributed by atoms with Crippen LogP contribution in [-0.2, 0) is 11.2 Å². The Bertz CT molecular complexity index is 697. The second kappa shape index (κ2) is 8.97. The zero-order valence-electron chi connectivity index (χ0n) is 15.2. The summed E-state index contributed by atoms with van der Waals surface area (Å²) < 4.78 is 16.0. The molecule has 1 amide bonds. The van der Waals surface area contributed by atoms with E-state index < -0.39 is 0 Å². The average Bonchev–Trinajstić information content (AvgIpc) is 2.62. The molecule has 0 saturated carbocycles. The predicted octanol–water partition coefficient (Wildman–Crippen LogP) is 3.52. The molecule has 0 spiro atoms. The van der Waals surface area contributed by atoms with Gasteiger partial charge >= 0.3 is 0 Å². The Morgan fingerprint density at radius 2 is 1.72 bits per heavy atom. The molecule has 0 aliphatic rings. The number of amides is 1. The maximum atomic E-state index is 12.3. The van der Waals surface area contributed by atoms with Gasteiger partial charge in [-0.2, -0.15) is 0 Å². The first-order valence-corrected chi connectivity index (χ1v) is 8.30. The predicted molar refractivity (Wildman–Crippen MR) is 97.4 cm³/mol. The third kappa shape index (κ3) is 5.14. The number of hydrogen-bond acceptors (Lipinski definition) is 4. The molecule has 0 aliphatic carbocycles. The lowest BCUT2D eigenvalue weighted by Crippen LogP contribution is -2.28. The van der Waals surface area contributed by atoms with E-state index in [0.29, 0.717) is 24.5 Å². The van der Waals surface area contributed by atoms with E-state index in [4.69, 9.17) is 14.2 Å². The maximum Gasteiger partial charge on any atom is 0.224 e. The van der Waals surface area contributed by atoms with Gasteiger partial charge in [0, 0.05) is 0 Å². The molecule has 1 N–H and O–H groups in total. The van der Waals surface area contributed by atoms with E-state index in [-0.39, 0.29) is 11.9 Å². The zero-order valence-corrected chi connectivity index (χ0v) is 15.2. The van der Waals surface area contributed by atoms with E-state index in [1.165, 1.54) is 0 Å². The highest BCUT2D eigenvalue weighted by Crippen LogP contribution is 2.29. The van der Waals surface area contributed by atoms with Crippen LogP contribution >= 0.6 is 0 Å². The molecule has 1 atom stereocenters. The van der Waals surface area contributed by atoms with E-state index in [2.05, 4.69) is 5.32 Å². The number of ether oxygens (including phenoxy) is 3. The minimum absolute atomic E-state index is 0.0357. The van der Waals surface area contributed by atoms with Crippen LogP contribution in [0.2, 0.25) is 0 Å². The second-order valence-corrected chi connectivity index (χ2v) is 5.66.